The van der Waals surface area contributed by atoms with Crippen LogP contribution in [0.1, 0.15) is 24.4 Å². The molecular weight excluding hydrogens is 262 g/mol. The lowest BCUT2D eigenvalue weighted by Gasteiger charge is -2.11. The number of hydrogen-bond acceptors (Lipinski definition) is 4. The minimum Gasteiger partial charge on any atom is -0.475 e. The van der Waals surface area contributed by atoms with Crippen molar-refractivity contribution >= 4 is 28.5 Å². The Morgan fingerprint density at radius 3 is 2.80 bits per heavy atom. The van der Waals surface area contributed by atoms with Crippen LogP contribution in [0.5, 0.6) is 0 Å². The van der Waals surface area contributed by atoms with Gasteiger partial charge >= 0.3 is 5.97 Å². The Balaban J connectivity index is 2.19. The summed E-state index contributed by atoms with van der Waals surface area (Å²) in [7, 11) is 0. The number of ether oxygens (including phenoxy) is 1. The van der Waals surface area contributed by atoms with Gasteiger partial charge in [-0.1, -0.05) is 0 Å². The first-order chi connectivity index (χ1) is 9.51. The average Bonchev–Trinajstić information content (AvgIpc) is 2.82. The molecule has 0 bridgehead atoms. The molecular formula is C14H15NO5. The largest absolute Gasteiger partial charge is 0.475 e. The molecule has 0 saturated heterocycles. The third kappa shape index (κ3) is 2.97. The van der Waals surface area contributed by atoms with E-state index in [0.717, 1.165) is 0 Å². The predicted molar refractivity (Wildman–Crippen MR) is 72.9 cm³/mol. The molecule has 1 aromatic heterocycles. The van der Waals surface area contributed by atoms with Crippen LogP contribution in [0, 0.1) is 0 Å². The van der Waals surface area contributed by atoms with Crippen LogP contribution in [-0.4, -0.2) is 29.7 Å². The molecule has 1 heterocycles. The van der Waals surface area contributed by atoms with Crippen molar-refractivity contribution in [2.24, 2.45) is 0 Å². The van der Waals surface area contributed by atoms with E-state index in [2.05, 4.69) is 5.32 Å². The minimum atomic E-state index is -1.13. The van der Waals surface area contributed by atoms with Crippen molar-refractivity contribution in [3.05, 3.63) is 30.0 Å². The summed E-state index contributed by atoms with van der Waals surface area (Å²) < 4.78 is 10.3. The topological polar surface area (TPSA) is 88.8 Å². The molecule has 20 heavy (non-hydrogen) atoms. The second-order valence-corrected chi connectivity index (χ2v) is 4.26. The summed E-state index contributed by atoms with van der Waals surface area (Å²) in [6, 6.07) is 6.33. The smallest absolute Gasteiger partial charge is 0.371 e. The average molecular weight is 277 g/mol. The number of anilines is 1. The maximum atomic E-state index is 11.8. The van der Waals surface area contributed by atoms with E-state index in [0.29, 0.717) is 23.3 Å². The van der Waals surface area contributed by atoms with Crippen LogP contribution >= 0.6 is 0 Å². The first-order valence-corrected chi connectivity index (χ1v) is 6.20. The van der Waals surface area contributed by atoms with Gasteiger partial charge < -0.3 is 19.6 Å². The van der Waals surface area contributed by atoms with Gasteiger partial charge in [0.05, 0.1) is 0 Å². The van der Waals surface area contributed by atoms with Gasteiger partial charge in [-0.2, -0.15) is 0 Å². The van der Waals surface area contributed by atoms with Crippen LogP contribution in [-0.2, 0) is 9.53 Å². The third-order valence-electron chi connectivity index (χ3n) is 2.78. The zero-order valence-corrected chi connectivity index (χ0v) is 11.2. The van der Waals surface area contributed by atoms with Gasteiger partial charge in [-0.3, -0.25) is 4.79 Å². The van der Waals surface area contributed by atoms with E-state index >= 15 is 0 Å². The Morgan fingerprint density at radius 1 is 1.40 bits per heavy atom. The second kappa shape index (κ2) is 5.75. The maximum Gasteiger partial charge on any atom is 0.371 e. The molecule has 106 valence electrons. The van der Waals surface area contributed by atoms with Gasteiger partial charge in [0, 0.05) is 17.7 Å². The third-order valence-corrected chi connectivity index (χ3v) is 2.78. The van der Waals surface area contributed by atoms with Gasteiger partial charge in [0.15, 0.2) is 0 Å². The molecule has 0 aliphatic rings. The normalized spacial score (nSPS) is 12.3. The van der Waals surface area contributed by atoms with Crippen LogP contribution < -0.4 is 5.32 Å². The Bertz CT molecular complexity index is 646. The molecule has 0 aliphatic carbocycles. The molecule has 1 unspecified atom stereocenters. The van der Waals surface area contributed by atoms with E-state index < -0.39 is 12.1 Å². The highest BCUT2D eigenvalue weighted by Gasteiger charge is 2.14. The van der Waals surface area contributed by atoms with E-state index in [9.17, 15) is 9.59 Å². The van der Waals surface area contributed by atoms with Crippen molar-refractivity contribution in [2.75, 3.05) is 11.9 Å². The predicted octanol–water partition coefficient (Wildman–Crippen LogP) is 2.49. The van der Waals surface area contributed by atoms with Crippen molar-refractivity contribution in [1.29, 1.82) is 0 Å². The highest BCUT2D eigenvalue weighted by atomic mass is 16.5. The SMILES string of the molecule is CCOC(C)C(=O)Nc1ccc2oc(C(=O)O)cc2c1. The molecule has 1 amide bonds. The standard InChI is InChI=1S/C14H15NO5/c1-3-19-8(2)13(16)15-10-4-5-11-9(6-10)7-12(20-11)14(17)18/h4-8H,3H2,1-2H3,(H,15,16)(H,17,18). The zero-order chi connectivity index (χ0) is 14.7. The molecule has 1 aromatic carbocycles. The Labute approximate surface area is 115 Å². The quantitative estimate of drug-likeness (QED) is 0.876. The summed E-state index contributed by atoms with van der Waals surface area (Å²) >= 11 is 0. The highest BCUT2D eigenvalue weighted by Crippen LogP contribution is 2.23. The van der Waals surface area contributed by atoms with Crippen LogP contribution in [0.2, 0.25) is 0 Å². The molecule has 2 aromatic rings. The molecule has 6 nitrogen and oxygen atoms in total. The number of furan rings is 1. The lowest BCUT2D eigenvalue weighted by atomic mass is 10.2. The number of carbonyl (C=O) groups excluding carboxylic acids is 1. The Morgan fingerprint density at radius 2 is 2.15 bits per heavy atom. The van der Waals surface area contributed by atoms with Gasteiger partial charge in [-0.15, -0.1) is 0 Å². The van der Waals surface area contributed by atoms with Crippen LogP contribution in [0.3, 0.4) is 0 Å². The van der Waals surface area contributed by atoms with E-state index in [1.807, 2.05) is 6.92 Å². The number of aromatic carboxylic acids is 1. The number of rotatable bonds is 5. The summed E-state index contributed by atoms with van der Waals surface area (Å²) in [4.78, 5) is 22.6. The van der Waals surface area contributed by atoms with Crippen LogP contribution in [0.4, 0.5) is 5.69 Å². The van der Waals surface area contributed by atoms with Gasteiger partial charge in [0.25, 0.3) is 5.91 Å². The molecule has 1 atom stereocenters. The monoisotopic (exact) mass is 277 g/mol. The van der Waals surface area contributed by atoms with E-state index in [1.54, 1.807) is 25.1 Å². The molecule has 2 rings (SSSR count). The molecule has 0 spiro atoms. The number of carboxylic acids is 1. The first kappa shape index (κ1) is 14.1. The number of amides is 1. The fraction of sp³-hybridized carbons (Fsp3) is 0.286. The van der Waals surface area contributed by atoms with Crippen molar-refractivity contribution < 1.29 is 23.8 Å². The Hall–Kier alpha value is -2.34. The van der Waals surface area contributed by atoms with Crippen LogP contribution in [0.25, 0.3) is 11.0 Å². The van der Waals surface area contributed by atoms with E-state index in [1.165, 1.54) is 6.07 Å². The number of fused-ring (bicyclic) bond motifs is 1. The van der Waals surface area contributed by atoms with Gasteiger partial charge in [-0.25, -0.2) is 4.79 Å². The summed E-state index contributed by atoms with van der Waals surface area (Å²) in [6.45, 7) is 3.93. The van der Waals surface area contributed by atoms with Gasteiger partial charge in [0.2, 0.25) is 5.76 Å². The minimum absolute atomic E-state index is 0.133. The van der Waals surface area contributed by atoms with Crippen molar-refractivity contribution in [3.63, 3.8) is 0 Å². The summed E-state index contributed by atoms with van der Waals surface area (Å²) in [6.07, 6.45) is -0.547. The number of benzene rings is 1. The first-order valence-electron chi connectivity index (χ1n) is 6.20. The number of carboxylic acid groups (broad SMARTS) is 1. The highest BCUT2D eigenvalue weighted by molar-refractivity contribution is 5.97. The molecule has 6 heteroatoms. The van der Waals surface area contributed by atoms with Crippen molar-refractivity contribution in [2.45, 2.75) is 20.0 Å². The fourth-order valence-electron chi connectivity index (χ4n) is 1.80. The fourth-order valence-corrected chi connectivity index (χ4v) is 1.80. The summed E-state index contributed by atoms with van der Waals surface area (Å²) in [5.74, 6) is -1.52. The molecule has 2 N–H and O–H groups in total. The maximum absolute atomic E-state index is 11.8. The summed E-state index contributed by atoms with van der Waals surface area (Å²) in [5.41, 5.74) is 1.02. The second-order valence-electron chi connectivity index (χ2n) is 4.26. The lowest BCUT2D eigenvalue weighted by molar-refractivity contribution is -0.126. The van der Waals surface area contributed by atoms with Crippen LogP contribution in [0.15, 0.2) is 28.7 Å². The van der Waals surface area contributed by atoms with Gasteiger partial charge in [-0.05, 0) is 38.1 Å². The summed E-state index contributed by atoms with van der Waals surface area (Å²) in [5, 5.41) is 12.2. The van der Waals surface area contributed by atoms with Gasteiger partial charge in [0.1, 0.15) is 11.7 Å². The lowest BCUT2D eigenvalue weighted by Crippen LogP contribution is -2.27. The molecule has 0 aliphatic heterocycles. The molecule has 0 radical (unpaired) electrons. The molecule has 0 fully saturated rings. The van der Waals surface area contributed by atoms with E-state index in [-0.39, 0.29) is 11.7 Å². The molecule has 0 saturated carbocycles. The zero-order valence-electron chi connectivity index (χ0n) is 11.2. The number of nitrogens with one attached hydrogen (secondary N) is 1. The van der Waals surface area contributed by atoms with Crippen molar-refractivity contribution in [1.82, 2.24) is 0 Å². The Kier molecular flexibility index (Phi) is 4.05. The van der Waals surface area contributed by atoms with Crippen molar-refractivity contribution in [3.8, 4) is 0 Å². The number of carbonyl (C=O) groups is 2. The number of hydrogen-bond donors (Lipinski definition) is 2. The van der Waals surface area contributed by atoms with E-state index in [4.69, 9.17) is 14.3 Å².